The zero-order valence-electron chi connectivity index (χ0n) is 11.0. The lowest BCUT2D eigenvalue weighted by Crippen LogP contribution is -2.27. The van der Waals surface area contributed by atoms with Crippen LogP contribution in [0.25, 0.3) is 0 Å². The predicted octanol–water partition coefficient (Wildman–Crippen LogP) is 2.30. The van der Waals surface area contributed by atoms with Crippen LogP contribution in [-0.4, -0.2) is 22.9 Å². The van der Waals surface area contributed by atoms with Gasteiger partial charge in [0.2, 0.25) is 0 Å². The van der Waals surface area contributed by atoms with Crippen LogP contribution in [0.15, 0.2) is 36.5 Å². The molecule has 18 heavy (non-hydrogen) atoms. The Morgan fingerprint density at radius 3 is 2.50 bits per heavy atom. The molecular weight excluding hydrogens is 224 g/mol. The van der Waals surface area contributed by atoms with Crippen LogP contribution >= 0.6 is 0 Å². The zero-order chi connectivity index (χ0) is 13.0. The highest BCUT2D eigenvalue weighted by Gasteiger charge is 2.04. The van der Waals surface area contributed by atoms with Gasteiger partial charge in [-0.05, 0) is 32.0 Å². The van der Waals surface area contributed by atoms with Crippen LogP contribution < -0.4 is 10.6 Å². The molecule has 0 saturated carbocycles. The Hall–Kier alpha value is -1.97. The first-order valence-corrected chi connectivity index (χ1v) is 6.29. The molecule has 0 spiro atoms. The van der Waals surface area contributed by atoms with Gasteiger partial charge in [-0.1, -0.05) is 17.7 Å². The van der Waals surface area contributed by atoms with Crippen LogP contribution in [0.3, 0.4) is 0 Å². The molecule has 0 amide bonds. The minimum atomic E-state index is 0.577. The van der Waals surface area contributed by atoms with Crippen molar-refractivity contribution in [1.29, 1.82) is 0 Å². The highest BCUT2D eigenvalue weighted by atomic mass is 15.3. The van der Waals surface area contributed by atoms with E-state index in [1.807, 2.05) is 16.9 Å². The van der Waals surface area contributed by atoms with Crippen LogP contribution in [0, 0.1) is 6.92 Å². The average molecular weight is 244 g/mol. The lowest BCUT2D eigenvalue weighted by atomic mass is 10.2. The van der Waals surface area contributed by atoms with Gasteiger partial charge in [0.25, 0.3) is 0 Å². The fourth-order valence-electron chi connectivity index (χ4n) is 1.95. The molecule has 0 aliphatic heterocycles. The summed E-state index contributed by atoms with van der Waals surface area (Å²) >= 11 is 0. The van der Waals surface area contributed by atoms with Crippen LogP contribution in [0.1, 0.15) is 12.5 Å². The third kappa shape index (κ3) is 3.03. The highest BCUT2D eigenvalue weighted by molar-refractivity contribution is 5.47. The monoisotopic (exact) mass is 244 g/mol. The number of aromatic nitrogens is 2. The summed E-state index contributed by atoms with van der Waals surface area (Å²) in [4.78, 5) is 2.33. The van der Waals surface area contributed by atoms with E-state index in [9.17, 15) is 0 Å². The summed E-state index contributed by atoms with van der Waals surface area (Å²) in [6.45, 7) is 7.03. The lowest BCUT2D eigenvalue weighted by Gasteiger charge is -2.23. The smallest absolute Gasteiger partial charge is 0.145 e. The number of anilines is 2. The van der Waals surface area contributed by atoms with Gasteiger partial charge in [0.15, 0.2) is 0 Å². The Bertz CT molecular complexity index is 487. The summed E-state index contributed by atoms with van der Waals surface area (Å²) < 4.78 is 1.88. The third-order valence-corrected chi connectivity index (χ3v) is 3.04. The van der Waals surface area contributed by atoms with E-state index in [0.29, 0.717) is 5.82 Å². The van der Waals surface area contributed by atoms with E-state index < -0.39 is 0 Å². The number of aryl methyl sites for hydroxylation is 1. The van der Waals surface area contributed by atoms with E-state index in [2.05, 4.69) is 48.1 Å². The van der Waals surface area contributed by atoms with Gasteiger partial charge in [-0.3, -0.25) is 4.68 Å². The summed E-state index contributed by atoms with van der Waals surface area (Å²) in [5.74, 6) is 0.577. The third-order valence-electron chi connectivity index (χ3n) is 3.04. The summed E-state index contributed by atoms with van der Waals surface area (Å²) in [5, 5.41) is 4.19. The van der Waals surface area contributed by atoms with E-state index in [1.54, 1.807) is 0 Å². The number of benzene rings is 1. The normalized spacial score (nSPS) is 10.6. The largest absolute Gasteiger partial charge is 0.382 e. The highest BCUT2D eigenvalue weighted by Crippen LogP contribution is 2.14. The molecule has 0 unspecified atom stereocenters. The Balaban J connectivity index is 1.99. The Morgan fingerprint density at radius 2 is 1.94 bits per heavy atom. The molecule has 96 valence electrons. The van der Waals surface area contributed by atoms with Gasteiger partial charge in [-0.15, -0.1) is 0 Å². The molecule has 1 aromatic carbocycles. The standard InChI is InChI=1S/C14H20N4/c1-3-17(13-6-4-12(2)5-7-13)10-11-18-9-8-14(15)16-18/h4-9H,3,10-11H2,1-2H3,(H2,15,16). The lowest BCUT2D eigenvalue weighted by molar-refractivity contribution is 0.602. The van der Waals surface area contributed by atoms with E-state index in [0.717, 1.165) is 19.6 Å². The van der Waals surface area contributed by atoms with Gasteiger partial charge in [-0.25, -0.2) is 0 Å². The van der Waals surface area contributed by atoms with E-state index in [4.69, 9.17) is 5.73 Å². The molecule has 0 atom stereocenters. The fraction of sp³-hybridized carbons (Fsp3) is 0.357. The van der Waals surface area contributed by atoms with Crippen LogP contribution in [0.5, 0.6) is 0 Å². The van der Waals surface area contributed by atoms with E-state index >= 15 is 0 Å². The van der Waals surface area contributed by atoms with E-state index in [-0.39, 0.29) is 0 Å². The topological polar surface area (TPSA) is 47.1 Å². The molecule has 4 heteroatoms. The molecular formula is C14H20N4. The molecule has 0 bridgehead atoms. The van der Waals surface area contributed by atoms with Crippen molar-refractivity contribution in [2.24, 2.45) is 0 Å². The number of nitrogens with zero attached hydrogens (tertiary/aromatic N) is 3. The maximum atomic E-state index is 5.60. The molecule has 0 aliphatic carbocycles. The first-order valence-electron chi connectivity index (χ1n) is 6.29. The first kappa shape index (κ1) is 12.5. The van der Waals surface area contributed by atoms with Crippen LogP contribution in [0.2, 0.25) is 0 Å². The second kappa shape index (κ2) is 5.58. The Morgan fingerprint density at radius 1 is 1.22 bits per heavy atom. The number of nitrogens with two attached hydrogens (primary N) is 1. The van der Waals surface area contributed by atoms with E-state index in [1.165, 1.54) is 11.3 Å². The van der Waals surface area contributed by atoms with Crippen molar-refractivity contribution >= 4 is 11.5 Å². The van der Waals surface area contributed by atoms with Crippen molar-refractivity contribution in [1.82, 2.24) is 9.78 Å². The average Bonchev–Trinajstić information content (AvgIpc) is 2.78. The number of nitrogen functional groups attached to an aromatic ring is 1. The van der Waals surface area contributed by atoms with Crippen LogP contribution in [-0.2, 0) is 6.54 Å². The van der Waals surface area contributed by atoms with Crippen molar-refractivity contribution in [2.45, 2.75) is 20.4 Å². The molecule has 2 aromatic rings. The summed E-state index contributed by atoms with van der Waals surface area (Å²) in [6, 6.07) is 10.4. The minimum absolute atomic E-state index is 0.577. The minimum Gasteiger partial charge on any atom is -0.382 e. The molecule has 0 fully saturated rings. The van der Waals surface area contributed by atoms with Crippen LogP contribution in [0.4, 0.5) is 11.5 Å². The maximum absolute atomic E-state index is 5.60. The van der Waals surface area contributed by atoms with Crippen molar-refractivity contribution in [3.8, 4) is 0 Å². The molecule has 1 heterocycles. The molecule has 2 rings (SSSR count). The maximum Gasteiger partial charge on any atom is 0.145 e. The van der Waals surface area contributed by atoms with Gasteiger partial charge in [0.1, 0.15) is 5.82 Å². The van der Waals surface area contributed by atoms with Crippen molar-refractivity contribution in [3.63, 3.8) is 0 Å². The van der Waals surface area contributed by atoms with Gasteiger partial charge >= 0.3 is 0 Å². The fourth-order valence-corrected chi connectivity index (χ4v) is 1.95. The molecule has 1 aromatic heterocycles. The summed E-state index contributed by atoms with van der Waals surface area (Å²) in [7, 11) is 0. The number of likely N-dealkylation sites (N-methyl/N-ethyl adjacent to an activating group) is 1. The summed E-state index contributed by atoms with van der Waals surface area (Å²) in [5.41, 5.74) is 8.14. The van der Waals surface area contributed by atoms with Gasteiger partial charge in [0, 0.05) is 25.0 Å². The molecule has 2 N–H and O–H groups in total. The molecule has 0 aliphatic rings. The molecule has 0 saturated heterocycles. The Kier molecular flexibility index (Phi) is 3.87. The van der Waals surface area contributed by atoms with Gasteiger partial charge in [-0.2, -0.15) is 5.10 Å². The van der Waals surface area contributed by atoms with Crippen molar-refractivity contribution in [2.75, 3.05) is 23.7 Å². The SMILES string of the molecule is CCN(CCn1ccc(N)n1)c1ccc(C)cc1. The summed E-state index contributed by atoms with van der Waals surface area (Å²) in [6.07, 6.45) is 1.91. The van der Waals surface area contributed by atoms with Gasteiger partial charge in [0.05, 0.1) is 6.54 Å². The predicted molar refractivity (Wildman–Crippen MR) is 75.7 cm³/mol. The molecule has 4 nitrogen and oxygen atoms in total. The van der Waals surface area contributed by atoms with Gasteiger partial charge < -0.3 is 10.6 Å². The molecule has 0 radical (unpaired) electrons. The van der Waals surface area contributed by atoms with Crippen molar-refractivity contribution < 1.29 is 0 Å². The Labute approximate surface area is 108 Å². The zero-order valence-corrected chi connectivity index (χ0v) is 11.0. The second-order valence-electron chi connectivity index (χ2n) is 4.42. The second-order valence-corrected chi connectivity index (χ2v) is 4.42. The first-order chi connectivity index (χ1) is 8.69. The number of hydrogen-bond donors (Lipinski definition) is 1. The van der Waals surface area contributed by atoms with Crippen molar-refractivity contribution in [3.05, 3.63) is 42.1 Å². The number of hydrogen-bond acceptors (Lipinski definition) is 3. The number of rotatable bonds is 5. The quantitative estimate of drug-likeness (QED) is 0.878.